The van der Waals surface area contributed by atoms with Crippen molar-refractivity contribution in [3.63, 3.8) is 0 Å². The first-order valence-electron chi connectivity index (χ1n) is 5.37. The summed E-state index contributed by atoms with van der Waals surface area (Å²) in [6, 6.07) is 7.79. The van der Waals surface area contributed by atoms with Crippen molar-refractivity contribution in [2.24, 2.45) is 5.73 Å². The Morgan fingerprint density at radius 3 is 2.62 bits per heavy atom. The van der Waals surface area contributed by atoms with Gasteiger partial charge in [-0.1, -0.05) is 12.1 Å². The van der Waals surface area contributed by atoms with Crippen LogP contribution in [-0.4, -0.2) is 30.5 Å². The maximum absolute atomic E-state index is 11.0. The number of carbonyl (C=O) groups is 1. The molecule has 1 atom stereocenters. The van der Waals surface area contributed by atoms with Gasteiger partial charge in [0.25, 0.3) is 0 Å². The molecule has 4 nitrogen and oxygen atoms in total. The van der Waals surface area contributed by atoms with Crippen molar-refractivity contribution >= 4 is 5.91 Å². The average Bonchev–Trinajstić information content (AvgIpc) is 2.24. The van der Waals surface area contributed by atoms with Crippen molar-refractivity contribution in [3.05, 3.63) is 29.8 Å². The van der Waals surface area contributed by atoms with Gasteiger partial charge in [0, 0.05) is 13.1 Å². The van der Waals surface area contributed by atoms with Gasteiger partial charge in [0.2, 0.25) is 5.91 Å². The first-order valence-corrected chi connectivity index (χ1v) is 5.37. The maximum atomic E-state index is 11.0. The lowest BCUT2D eigenvalue weighted by molar-refractivity contribution is -0.127. The Kier molecular flexibility index (Phi) is 3.10. The minimum absolute atomic E-state index is 0.0814. The molecule has 0 aliphatic carbocycles. The molecule has 0 aromatic heterocycles. The van der Waals surface area contributed by atoms with Crippen molar-refractivity contribution in [3.8, 4) is 5.75 Å². The van der Waals surface area contributed by atoms with Gasteiger partial charge in [-0.25, -0.2) is 0 Å². The summed E-state index contributed by atoms with van der Waals surface area (Å²) in [6.07, 6.45) is 0.880. The highest BCUT2D eigenvalue weighted by Crippen LogP contribution is 2.21. The van der Waals surface area contributed by atoms with Crippen LogP contribution in [0.15, 0.2) is 24.3 Å². The van der Waals surface area contributed by atoms with Gasteiger partial charge in [0.1, 0.15) is 5.75 Å². The van der Waals surface area contributed by atoms with Crippen LogP contribution in [0.25, 0.3) is 0 Å². The first-order chi connectivity index (χ1) is 7.70. The van der Waals surface area contributed by atoms with E-state index in [0.29, 0.717) is 0 Å². The number of nitrogens with two attached hydrogens (primary N) is 1. The highest BCUT2D eigenvalue weighted by Gasteiger charge is 2.32. The molecular formula is C12H16N2O2. The molecular weight excluding hydrogens is 204 g/mol. The van der Waals surface area contributed by atoms with Crippen molar-refractivity contribution < 1.29 is 9.53 Å². The fraction of sp³-hybridized carbons (Fsp3) is 0.417. The number of hydrogen-bond donors (Lipinski definition) is 1. The van der Waals surface area contributed by atoms with E-state index in [1.54, 1.807) is 7.11 Å². The number of likely N-dealkylation sites (tertiary alicyclic amines) is 1. The Labute approximate surface area is 95.0 Å². The number of ether oxygens (including phenoxy) is 1. The number of methoxy groups -OCH3 is 1. The summed E-state index contributed by atoms with van der Waals surface area (Å²) in [7, 11) is 1.65. The number of nitrogens with zero attached hydrogens (tertiary/aromatic N) is 1. The average molecular weight is 220 g/mol. The van der Waals surface area contributed by atoms with E-state index in [0.717, 1.165) is 25.3 Å². The van der Waals surface area contributed by atoms with E-state index in [1.165, 1.54) is 5.56 Å². The normalized spacial score (nSPS) is 20.2. The lowest BCUT2D eigenvalue weighted by Gasteiger charge is -2.38. The molecule has 1 amide bonds. The van der Waals surface area contributed by atoms with Crippen LogP contribution in [0.1, 0.15) is 12.0 Å². The Hall–Kier alpha value is -1.55. The first kappa shape index (κ1) is 11.0. The molecule has 0 radical (unpaired) electrons. The van der Waals surface area contributed by atoms with E-state index >= 15 is 0 Å². The number of rotatable bonds is 4. The molecule has 0 bridgehead atoms. The van der Waals surface area contributed by atoms with Crippen LogP contribution in [0.5, 0.6) is 5.75 Å². The molecule has 1 aliphatic rings. The smallest absolute Gasteiger partial charge is 0.234 e. The number of amides is 1. The van der Waals surface area contributed by atoms with Gasteiger partial charge in [-0.2, -0.15) is 0 Å². The van der Waals surface area contributed by atoms with E-state index < -0.39 is 0 Å². The zero-order chi connectivity index (χ0) is 11.5. The fourth-order valence-corrected chi connectivity index (χ4v) is 1.92. The van der Waals surface area contributed by atoms with Gasteiger partial charge >= 0.3 is 0 Å². The van der Waals surface area contributed by atoms with Crippen LogP contribution in [0.4, 0.5) is 0 Å². The quantitative estimate of drug-likeness (QED) is 0.814. The fourth-order valence-electron chi connectivity index (χ4n) is 1.92. The Bertz CT molecular complexity index is 375. The second-order valence-electron chi connectivity index (χ2n) is 4.03. The van der Waals surface area contributed by atoms with Gasteiger partial charge in [-0.3, -0.25) is 9.69 Å². The van der Waals surface area contributed by atoms with Crippen LogP contribution in [0, 0.1) is 0 Å². The highest BCUT2D eigenvalue weighted by atomic mass is 16.5. The molecule has 16 heavy (non-hydrogen) atoms. The number of benzene rings is 1. The number of carbonyl (C=O) groups excluding carboxylic acids is 1. The lowest BCUT2D eigenvalue weighted by Crippen LogP contribution is -2.54. The maximum Gasteiger partial charge on any atom is 0.234 e. The van der Waals surface area contributed by atoms with Gasteiger partial charge in [-0.05, 0) is 24.1 Å². The summed E-state index contributed by atoms with van der Waals surface area (Å²) >= 11 is 0. The summed E-state index contributed by atoms with van der Waals surface area (Å²) in [5.41, 5.74) is 6.46. The van der Waals surface area contributed by atoms with Crippen molar-refractivity contribution in [2.45, 2.75) is 19.0 Å². The molecule has 1 aliphatic heterocycles. The van der Waals surface area contributed by atoms with E-state index in [2.05, 4.69) is 4.90 Å². The largest absolute Gasteiger partial charge is 0.497 e. The topological polar surface area (TPSA) is 55.6 Å². The Morgan fingerprint density at radius 1 is 1.50 bits per heavy atom. The molecule has 0 spiro atoms. The molecule has 0 saturated carbocycles. The molecule has 0 unspecified atom stereocenters. The number of primary amides is 1. The predicted octanol–water partition coefficient (Wildman–Crippen LogP) is 0.755. The summed E-state index contributed by atoms with van der Waals surface area (Å²) in [5.74, 6) is 0.624. The molecule has 1 heterocycles. The zero-order valence-electron chi connectivity index (χ0n) is 9.35. The van der Waals surface area contributed by atoms with E-state index in [-0.39, 0.29) is 11.9 Å². The van der Waals surface area contributed by atoms with E-state index in [1.807, 2.05) is 24.3 Å². The second-order valence-corrected chi connectivity index (χ2v) is 4.03. The van der Waals surface area contributed by atoms with Crippen LogP contribution < -0.4 is 10.5 Å². The number of hydrogen-bond acceptors (Lipinski definition) is 3. The van der Waals surface area contributed by atoms with E-state index in [4.69, 9.17) is 10.5 Å². The van der Waals surface area contributed by atoms with E-state index in [9.17, 15) is 4.79 Å². The third kappa shape index (κ3) is 2.17. The van der Waals surface area contributed by atoms with Crippen molar-refractivity contribution in [1.82, 2.24) is 4.90 Å². The SMILES string of the molecule is COc1ccc(CN2CC[C@H]2C(N)=O)cc1. The van der Waals surface area contributed by atoms with Crippen LogP contribution in [0.3, 0.4) is 0 Å². The second kappa shape index (κ2) is 4.53. The van der Waals surface area contributed by atoms with Gasteiger partial charge in [0.05, 0.1) is 13.2 Å². The monoisotopic (exact) mass is 220 g/mol. The molecule has 4 heteroatoms. The molecule has 1 fully saturated rings. The lowest BCUT2D eigenvalue weighted by atomic mass is 10.0. The summed E-state index contributed by atoms with van der Waals surface area (Å²) in [4.78, 5) is 13.1. The standard InChI is InChI=1S/C12H16N2O2/c1-16-10-4-2-9(3-5-10)8-14-7-6-11(14)12(13)15/h2-5,11H,6-8H2,1H3,(H2,13,15)/t11-/m0/s1. The minimum Gasteiger partial charge on any atom is -0.497 e. The minimum atomic E-state index is -0.222. The molecule has 2 rings (SSSR count). The third-order valence-corrected chi connectivity index (χ3v) is 3.00. The predicted molar refractivity (Wildman–Crippen MR) is 61.0 cm³/mol. The summed E-state index contributed by atoms with van der Waals surface area (Å²) in [5, 5.41) is 0. The molecule has 1 aromatic rings. The zero-order valence-corrected chi connectivity index (χ0v) is 9.35. The summed E-state index contributed by atoms with van der Waals surface area (Å²) in [6.45, 7) is 1.72. The third-order valence-electron chi connectivity index (χ3n) is 3.00. The van der Waals surface area contributed by atoms with Crippen LogP contribution in [0.2, 0.25) is 0 Å². The Balaban J connectivity index is 1.96. The summed E-state index contributed by atoms with van der Waals surface area (Å²) < 4.78 is 5.09. The van der Waals surface area contributed by atoms with Crippen LogP contribution in [-0.2, 0) is 11.3 Å². The molecule has 1 saturated heterocycles. The molecule has 2 N–H and O–H groups in total. The van der Waals surface area contributed by atoms with Gasteiger partial charge < -0.3 is 10.5 Å². The van der Waals surface area contributed by atoms with Gasteiger partial charge in [0.15, 0.2) is 0 Å². The van der Waals surface area contributed by atoms with Crippen molar-refractivity contribution in [2.75, 3.05) is 13.7 Å². The molecule has 1 aromatic carbocycles. The van der Waals surface area contributed by atoms with Crippen molar-refractivity contribution in [1.29, 1.82) is 0 Å². The highest BCUT2D eigenvalue weighted by molar-refractivity contribution is 5.80. The molecule has 86 valence electrons. The van der Waals surface area contributed by atoms with Gasteiger partial charge in [-0.15, -0.1) is 0 Å². The van der Waals surface area contributed by atoms with Crippen LogP contribution >= 0.6 is 0 Å². The Morgan fingerprint density at radius 2 is 2.19 bits per heavy atom.